The molecule has 0 saturated carbocycles. The molecular weight excluding hydrogens is 592 g/mol. The number of carboxylic acid groups (broad SMARTS) is 1. The molecule has 42 heavy (non-hydrogen) atoms. The topological polar surface area (TPSA) is 133 Å². The van der Waals surface area contributed by atoms with Gasteiger partial charge in [0.25, 0.3) is 0 Å². The predicted octanol–water partition coefficient (Wildman–Crippen LogP) is 4.06. The van der Waals surface area contributed by atoms with E-state index in [4.69, 9.17) is 16.3 Å². The monoisotopic (exact) mass is 617 g/mol. The highest BCUT2D eigenvalue weighted by Crippen LogP contribution is 2.41. The first kappa shape index (κ1) is 29.3. The molecule has 11 nitrogen and oxygen atoms in total. The Morgan fingerprint density at radius 3 is 2.57 bits per heavy atom. The molecule has 1 unspecified atom stereocenters. The highest BCUT2D eigenvalue weighted by Gasteiger charge is 2.38. The number of rotatable bonds is 7. The van der Waals surface area contributed by atoms with Crippen LogP contribution in [-0.4, -0.2) is 72.1 Å². The number of aromatic nitrogens is 3. The number of carbonyl (C=O) groups excluding carboxylic acids is 1. The molecule has 15 heteroatoms. The van der Waals surface area contributed by atoms with E-state index in [1.165, 1.54) is 30.7 Å². The lowest BCUT2D eigenvalue weighted by Gasteiger charge is -2.36. The van der Waals surface area contributed by atoms with Crippen molar-refractivity contribution >= 4 is 52.3 Å². The number of thiazole rings is 1. The minimum atomic E-state index is -1.24. The Morgan fingerprint density at radius 2 is 1.95 bits per heavy atom. The molecule has 0 bridgehead atoms. The molecule has 1 aromatic carbocycles. The number of anilines is 2. The zero-order chi connectivity index (χ0) is 30.1. The van der Waals surface area contributed by atoms with Gasteiger partial charge in [-0.15, -0.1) is 11.3 Å². The number of amidine groups is 1. The van der Waals surface area contributed by atoms with E-state index in [0.717, 1.165) is 6.07 Å². The lowest BCUT2D eigenvalue weighted by atomic mass is 9.85. The first-order valence-electron chi connectivity index (χ1n) is 12.8. The molecule has 2 N–H and O–H groups in total. The quantitative estimate of drug-likeness (QED) is 0.295. The number of carboxylic acids is 1. The normalized spacial score (nSPS) is 17.5. The molecule has 2 aliphatic rings. The smallest absolute Gasteiger partial charge is 0.356 e. The maximum atomic E-state index is 14.6. The van der Waals surface area contributed by atoms with Gasteiger partial charge in [-0.25, -0.2) is 33.3 Å². The Bertz CT molecular complexity index is 1590. The number of halogens is 3. The van der Waals surface area contributed by atoms with E-state index in [2.05, 4.69) is 25.3 Å². The van der Waals surface area contributed by atoms with Gasteiger partial charge in [-0.3, -0.25) is 4.99 Å². The van der Waals surface area contributed by atoms with E-state index in [1.54, 1.807) is 30.6 Å². The number of nitrogens with zero attached hydrogens (tertiary/aromatic N) is 6. The third-order valence-corrected chi connectivity index (χ3v) is 8.27. The van der Waals surface area contributed by atoms with Crippen LogP contribution in [0.5, 0.6) is 0 Å². The van der Waals surface area contributed by atoms with Crippen molar-refractivity contribution in [3.63, 3.8) is 0 Å². The summed E-state index contributed by atoms with van der Waals surface area (Å²) in [5.41, 5.74) is 1.03. The number of hydrogen-bond acceptors (Lipinski definition) is 11. The number of ether oxygens (including phenoxy) is 1. The molecule has 1 saturated heterocycles. The van der Waals surface area contributed by atoms with Gasteiger partial charge >= 0.3 is 11.9 Å². The van der Waals surface area contributed by atoms with E-state index in [9.17, 15) is 23.5 Å². The first-order chi connectivity index (χ1) is 20.1. The van der Waals surface area contributed by atoms with Crippen molar-refractivity contribution in [2.24, 2.45) is 10.9 Å². The standard InChI is InChI=1S/C27H26ClF2N7O4S/c1-36(2)16-12-32-27(35-22(16)25(38)39)37-9-6-13(7-10-37)20-17(26(40)41-3)21(14-4-5-15(29)19(30)18(14)28)34-23(33-20)24-31-8-11-42-24/h4-5,8,11-13,21H,6-7,9-10H2,1-3H3,(H,33,34)(H,38,39). The number of aromatic carboxylic acids is 1. The van der Waals surface area contributed by atoms with Gasteiger partial charge in [0.05, 0.1) is 29.6 Å². The van der Waals surface area contributed by atoms with Gasteiger partial charge in [0, 0.05) is 55.9 Å². The van der Waals surface area contributed by atoms with E-state index < -0.39 is 34.6 Å². The first-order valence-corrected chi connectivity index (χ1v) is 14.1. The van der Waals surface area contributed by atoms with Gasteiger partial charge in [0.15, 0.2) is 28.2 Å². The number of piperidine rings is 1. The summed E-state index contributed by atoms with van der Waals surface area (Å²) in [5, 5.41) is 14.8. The summed E-state index contributed by atoms with van der Waals surface area (Å²) in [4.78, 5) is 46.2. The number of aliphatic imine (C=N–C) groups is 1. The van der Waals surface area contributed by atoms with Crippen molar-refractivity contribution in [1.82, 2.24) is 20.3 Å². The second-order valence-corrected chi connectivity index (χ2v) is 11.1. The second kappa shape index (κ2) is 12.0. The molecule has 5 rings (SSSR count). The molecule has 2 aromatic heterocycles. The van der Waals surface area contributed by atoms with Crippen LogP contribution in [0.15, 0.2) is 46.2 Å². The molecule has 220 valence electrons. The van der Waals surface area contributed by atoms with Crippen LogP contribution in [0.1, 0.15) is 39.9 Å². The van der Waals surface area contributed by atoms with Crippen molar-refractivity contribution in [3.8, 4) is 0 Å². The molecule has 1 fully saturated rings. The Hall–Kier alpha value is -4.17. The lowest BCUT2D eigenvalue weighted by molar-refractivity contribution is -0.136. The number of allylic oxidation sites excluding steroid dienone is 1. The average molecular weight is 618 g/mol. The van der Waals surface area contributed by atoms with E-state index >= 15 is 0 Å². The number of nitrogens with one attached hydrogen (secondary N) is 1. The fourth-order valence-corrected chi connectivity index (χ4v) is 5.86. The summed E-state index contributed by atoms with van der Waals surface area (Å²) in [6, 6.07) is 1.16. The van der Waals surface area contributed by atoms with Crippen LogP contribution in [0.25, 0.3) is 0 Å². The van der Waals surface area contributed by atoms with Gasteiger partial charge < -0.3 is 25.0 Å². The molecule has 0 radical (unpaired) electrons. The van der Waals surface area contributed by atoms with Crippen molar-refractivity contribution in [2.45, 2.75) is 18.9 Å². The largest absolute Gasteiger partial charge is 0.476 e. The summed E-state index contributed by atoms with van der Waals surface area (Å²) < 4.78 is 33.6. The number of carbonyl (C=O) groups is 2. The summed E-state index contributed by atoms with van der Waals surface area (Å²) in [6.45, 7) is 0.899. The van der Waals surface area contributed by atoms with Crippen molar-refractivity contribution < 1.29 is 28.2 Å². The van der Waals surface area contributed by atoms with Crippen LogP contribution in [0.3, 0.4) is 0 Å². The van der Waals surface area contributed by atoms with Crippen molar-refractivity contribution in [1.29, 1.82) is 0 Å². The van der Waals surface area contributed by atoms with E-state index in [1.807, 2.05) is 4.90 Å². The summed E-state index contributed by atoms with van der Waals surface area (Å²) in [7, 11) is 4.66. The van der Waals surface area contributed by atoms with Gasteiger partial charge in [-0.2, -0.15) is 0 Å². The number of hydrogen-bond donors (Lipinski definition) is 2. The third kappa shape index (κ3) is 5.51. The van der Waals surface area contributed by atoms with Gasteiger partial charge in [-0.1, -0.05) is 17.7 Å². The number of methoxy groups -OCH3 is 1. The number of esters is 1. The Morgan fingerprint density at radius 1 is 1.21 bits per heavy atom. The summed E-state index contributed by atoms with van der Waals surface area (Å²) in [5.74, 6) is -3.79. The van der Waals surface area contributed by atoms with E-state index in [0.29, 0.717) is 48.2 Å². The molecule has 0 amide bonds. The molecule has 1 atom stereocenters. The highest BCUT2D eigenvalue weighted by molar-refractivity contribution is 7.11. The summed E-state index contributed by atoms with van der Waals surface area (Å²) in [6.07, 6.45) is 4.13. The van der Waals surface area contributed by atoms with Gasteiger partial charge in [-0.05, 0) is 18.9 Å². The molecule has 4 heterocycles. The lowest BCUT2D eigenvalue weighted by Crippen LogP contribution is -2.42. The van der Waals surface area contributed by atoms with Gasteiger partial charge in [0.2, 0.25) is 5.95 Å². The third-order valence-electron chi connectivity index (χ3n) is 7.10. The van der Waals surface area contributed by atoms with Crippen molar-refractivity contribution in [2.75, 3.05) is 44.1 Å². The minimum absolute atomic E-state index is 0.104. The zero-order valence-corrected chi connectivity index (χ0v) is 24.3. The Balaban J connectivity index is 1.51. The second-order valence-electron chi connectivity index (χ2n) is 9.79. The van der Waals surface area contributed by atoms with Crippen LogP contribution in [0.4, 0.5) is 20.4 Å². The Kier molecular flexibility index (Phi) is 8.36. The van der Waals surface area contributed by atoms with Gasteiger partial charge in [0.1, 0.15) is 6.04 Å². The summed E-state index contributed by atoms with van der Waals surface area (Å²) >= 11 is 7.56. The molecule has 0 aliphatic carbocycles. The molecular formula is C27H26ClF2N7O4S. The minimum Gasteiger partial charge on any atom is -0.476 e. The average Bonchev–Trinajstić information content (AvgIpc) is 3.54. The van der Waals surface area contributed by atoms with Crippen LogP contribution in [0.2, 0.25) is 5.02 Å². The Labute approximate surface area is 248 Å². The predicted molar refractivity (Wildman–Crippen MR) is 153 cm³/mol. The number of benzene rings is 1. The highest BCUT2D eigenvalue weighted by atomic mass is 35.5. The maximum absolute atomic E-state index is 14.6. The SMILES string of the molecule is COC(=O)C1=C(C2CCN(c3ncc(N(C)C)c(C(=O)O)n3)CC2)NC(c2nccs2)=NC1c1ccc(F)c(F)c1Cl. The molecule has 3 aromatic rings. The molecule has 2 aliphatic heterocycles. The van der Waals surface area contributed by atoms with Crippen LogP contribution >= 0.6 is 22.9 Å². The van der Waals surface area contributed by atoms with Crippen LogP contribution in [0, 0.1) is 17.6 Å². The fourth-order valence-electron chi connectivity index (χ4n) is 5.02. The van der Waals surface area contributed by atoms with Crippen molar-refractivity contribution in [3.05, 3.63) is 74.1 Å². The van der Waals surface area contributed by atoms with Crippen LogP contribution < -0.4 is 15.1 Å². The van der Waals surface area contributed by atoms with Crippen LogP contribution in [-0.2, 0) is 9.53 Å². The van der Waals surface area contributed by atoms with E-state index in [-0.39, 0.29) is 28.7 Å². The maximum Gasteiger partial charge on any atom is 0.356 e. The molecule has 0 spiro atoms. The zero-order valence-electron chi connectivity index (χ0n) is 22.8. The fraction of sp³-hybridized carbons (Fsp3) is 0.333.